The van der Waals surface area contributed by atoms with Gasteiger partial charge in [0.25, 0.3) is 11.6 Å². The molecule has 0 saturated heterocycles. The van der Waals surface area contributed by atoms with E-state index < -0.39 is 20.8 Å². The molecule has 3 N–H and O–H groups in total. The van der Waals surface area contributed by atoms with Gasteiger partial charge in [0, 0.05) is 27.0 Å². The molecule has 0 aromatic heterocycles. The van der Waals surface area contributed by atoms with E-state index in [4.69, 9.17) is 47.0 Å². The second-order valence-corrected chi connectivity index (χ2v) is 9.38. The van der Waals surface area contributed by atoms with Crippen molar-refractivity contribution >= 4 is 92.0 Å². The van der Waals surface area contributed by atoms with Crippen molar-refractivity contribution in [1.82, 2.24) is 10.6 Å². The summed E-state index contributed by atoms with van der Waals surface area (Å²) >= 11 is 25.1. The summed E-state index contributed by atoms with van der Waals surface area (Å²) in [4.78, 5) is 22.6. The Bertz CT molecular complexity index is 876. The normalized spacial score (nSPS) is 12.0. The number of hydrogen-bond acceptors (Lipinski definition) is 4. The lowest BCUT2D eigenvalue weighted by Gasteiger charge is -2.27. The summed E-state index contributed by atoms with van der Waals surface area (Å²) in [6.45, 7) is 0. The average Bonchev–Trinajstić information content (AvgIpc) is 2.61. The summed E-state index contributed by atoms with van der Waals surface area (Å²) in [7, 11) is 0. The number of carbonyl (C=O) groups excluding carboxylic acids is 1. The Balaban J connectivity index is 2.04. The molecule has 0 fully saturated rings. The van der Waals surface area contributed by atoms with Gasteiger partial charge >= 0.3 is 0 Å². The number of nitrogens with one attached hydrogen (secondary N) is 3. The maximum atomic E-state index is 12.4. The molecule has 0 bridgehead atoms. The Morgan fingerprint density at radius 3 is 2.14 bits per heavy atom. The smallest absolute Gasteiger partial charge is 0.269 e. The molecule has 0 aliphatic heterocycles. The molecule has 0 aliphatic rings. The summed E-state index contributed by atoms with van der Waals surface area (Å²) in [5, 5.41) is 18.8. The van der Waals surface area contributed by atoms with E-state index in [9.17, 15) is 14.9 Å². The van der Waals surface area contributed by atoms with Gasteiger partial charge in [0.2, 0.25) is 3.79 Å². The number of nitrogens with zero attached hydrogens (tertiary/aromatic N) is 1. The van der Waals surface area contributed by atoms with E-state index in [1.165, 1.54) is 24.3 Å². The Morgan fingerprint density at radius 1 is 1.07 bits per heavy atom. The third-order valence-electron chi connectivity index (χ3n) is 3.32. The second kappa shape index (κ2) is 9.88. The number of rotatable bonds is 5. The Kier molecular flexibility index (Phi) is 8.07. The Hall–Kier alpha value is -1.40. The highest BCUT2D eigenvalue weighted by Crippen LogP contribution is 2.29. The zero-order chi connectivity index (χ0) is 20.9. The van der Waals surface area contributed by atoms with Gasteiger partial charge in [-0.1, -0.05) is 34.8 Å². The van der Waals surface area contributed by atoms with Crippen molar-refractivity contribution in [3.63, 3.8) is 0 Å². The first kappa shape index (κ1) is 22.9. The van der Waals surface area contributed by atoms with Gasteiger partial charge in [-0.15, -0.1) is 0 Å². The fraction of sp³-hybridized carbons (Fsp3) is 0.125. The van der Waals surface area contributed by atoms with Gasteiger partial charge in [-0.3, -0.25) is 14.9 Å². The first-order valence-corrected chi connectivity index (χ1v) is 10.1. The predicted molar refractivity (Wildman–Crippen MR) is 123 cm³/mol. The van der Waals surface area contributed by atoms with Gasteiger partial charge in [0.1, 0.15) is 6.17 Å². The summed E-state index contributed by atoms with van der Waals surface area (Å²) in [6.07, 6.45) is -1.14. The third-order valence-corrected chi connectivity index (χ3v) is 4.91. The number of nitro benzene ring substituents is 1. The highest BCUT2D eigenvalue weighted by atomic mass is 127. The molecule has 1 amide bonds. The number of carbonyl (C=O) groups is 1. The number of hydrogen-bond donors (Lipinski definition) is 3. The first-order chi connectivity index (χ1) is 13.1. The van der Waals surface area contributed by atoms with E-state index in [0.29, 0.717) is 11.3 Å². The highest BCUT2D eigenvalue weighted by molar-refractivity contribution is 14.1. The maximum Gasteiger partial charge on any atom is 0.269 e. The molecule has 0 heterocycles. The molecule has 0 radical (unpaired) electrons. The number of benzene rings is 2. The van der Waals surface area contributed by atoms with E-state index in [2.05, 4.69) is 38.5 Å². The number of non-ortho nitro benzene ring substituents is 1. The Labute approximate surface area is 194 Å². The van der Waals surface area contributed by atoms with E-state index >= 15 is 0 Å². The van der Waals surface area contributed by atoms with Gasteiger partial charge in [-0.2, -0.15) is 0 Å². The van der Waals surface area contributed by atoms with Gasteiger partial charge in [-0.25, -0.2) is 0 Å². The number of amides is 1. The minimum Gasteiger partial charge on any atom is -0.339 e. The molecule has 0 aliphatic carbocycles. The van der Waals surface area contributed by atoms with Crippen LogP contribution >= 0.6 is 69.6 Å². The van der Waals surface area contributed by atoms with Crippen LogP contribution in [0.5, 0.6) is 0 Å². The largest absolute Gasteiger partial charge is 0.339 e. The summed E-state index contributed by atoms with van der Waals surface area (Å²) < 4.78 is -0.932. The van der Waals surface area contributed by atoms with E-state index in [-0.39, 0.29) is 10.8 Å². The summed E-state index contributed by atoms with van der Waals surface area (Å²) in [5.74, 6) is -0.460. The topological polar surface area (TPSA) is 96.3 Å². The monoisotopic (exact) mass is 572 g/mol. The predicted octanol–water partition coefficient (Wildman–Crippen LogP) is 4.61. The zero-order valence-corrected chi connectivity index (χ0v) is 19.0. The number of thiocarbonyl (C=S) groups is 1. The minimum absolute atomic E-state index is 0.0492. The molecule has 12 heteroatoms. The lowest BCUT2D eigenvalue weighted by Crippen LogP contribution is -2.56. The number of alkyl halides is 3. The molecular formula is C16H12Cl3IN4O3S. The van der Waals surface area contributed by atoms with Crippen molar-refractivity contribution in [3.8, 4) is 0 Å². The van der Waals surface area contributed by atoms with Crippen molar-refractivity contribution in [2.45, 2.75) is 9.96 Å². The van der Waals surface area contributed by atoms with Crippen LogP contribution in [-0.4, -0.2) is 25.9 Å². The molecule has 0 saturated carbocycles. The number of anilines is 1. The maximum absolute atomic E-state index is 12.4. The molecular weight excluding hydrogens is 562 g/mol. The summed E-state index contributed by atoms with van der Waals surface area (Å²) in [5.41, 5.74) is 0.805. The van der Waals surface area contributed by atoms with Gasteiger partial charge in [0.05, 0.1) is 4.92 Å². The SMILES string of the molecule is O=C(N[C@H](NC(=S)Nc1ccc([N+](=O)[O-])cc1)C(Cl)(Cl)Cl)c1ccc(I)cc1. The van der Waals surface area contributed by atoms with Crippen LogP contribution in [0.4, 0.5) is 11.4 Å². The lowest BCUT2D eigenvalue weighted by atomic mass is 10.2. The summed E-state index contributed by atoms with van der Waals surface area (Å²) in [6, 6.07) is 12.4. The first-order valence-electron chi connectivity index (χ1n) is 7.51. The average molecular weight is 574 g/mol. The molecule has 0 unspecified atom stereocenters. The lowest BCUT2D eigenvalue weighted by molar-refractivity contribution is -0.384. The second-order valence-electron chi connectivity index (χ2n) is 5.36. The van der Waals surface area contributed by atoms with Gasteiger partial charge in [-0.05, 0) is 71.2 Å². The number of nitro groups is 1. The molecule has 2 aromatic rings. The van der Waals surface area contributed by atoms with Crippen molar-refractivity contribution < 1.29 is 9.72 Å². The van der Waals surface area contributed by atoms with Crippen molar-refractivity contribution in [2.24, 2.45) is 0 Å². The molecule has 1 atom stereocenters. The standard InChI is InChI=1S/C16H12Cl3IN4O3S/c17-16(18,19)14(22-13(25)9-1-3-10(20)4-2-9)23-15(28)21-11-5-7-12(8-6-11)24(26)27/h1-8,14H,(H,22,25)(H2,21,23,28)/t14-/m1/s1. The third kappa shape index (κ3) is 6.89. The van der Waals surface area contributed by atoms with Crippen LogP contribution in [-0.2, 0) is 0 Å². The fourth-order valence-electron chi connectivity index (χ4n) is 1.98. The number of halogens is 4. The fourth-order valence-corrected chi connectivity index (χ4v) is 2.90. The van der Waals surface area contributed by atoms with Crippen LogP contribution in [0.1, 0.15) is 10.4 Å². The van der Waals surface area contributed by atoms with Gasteiger partial charge in [0.15, 0.2) is 5.11 Å². The quantitative estimate of drug-likeness (QED) is 0.121. The van der Waals surface area contributed by atoms with Crippen LogP contribution in [0.25, 0.3) is 0 Å². The zero-order valence-electron chi connectivity index (χ0n) is 13.8. The van der Waals surface area contributed by atoms with Crippen LogP contribution in [0, 0.1) is 13.7 Å². The van der Waals surface area contributed by atoms with Crippen LogP contribution < -0.4 is 16.0 Å². The van der Waals surface area contributed by atoms with Crippen molar-refractivity contribution in [2.75, 3.05) is 5.32 Å². The molecule has 7 nitrogen and oxygen atoms in total. The molecule has 148 valence electrons. The highest BCUT2D eigenvalue weighted by Gasteiger charge is 2.34. The van der Waals surface area contributed by atoms with Crippen LogP contribution in [0.3, 0.4) is 0 Å². The minimum atomic E-state index is -1.90. The van der Waals surface area contributed by atoms with Crippen molar-refractivity contribution in [1.29, 1.82) is 0 Å². The van der Waals surface area contributed by atoms with E-state index in [0.717, 1.165) is 3.57 Å². The van der Waals surface area contributed by atoms with Gasteiger partial charge < -0.3 is 16.0 Å². The molecule has 2 aromatic carbocycles. The van der Waals surface area contributed by atoms with E-state index in [1.807, 2.05) is 0 Å². The molecule has 28 heavy (non-hydrogen) atoms. The van der Waals surface area contributed by atoms with Crippen molar-refractivity contribution in [3.05, 3.63) is 67.8 Å². The van der Waals surface area contributed by atoms with Crippen LogP contribution in [0.2, 0.25) is 0 Å². The molecule has 0 spiro atoms. The van der Waals surface area contributed by atoms with E-state index in [1.54, 1.807) is 24.3 Å². The van der Waals surface area contributed by atoms with Crippen LogP contribution in [0.15, 0.2) is 48.5 Å². The Morgan fingerprint density at radius 2 is 1.64 bits per heavy atom. The molecule has 2 rings (SSSR count).